The average molecular weight is 279 g/mol. The first-order valence-corrected chi connectivity index (χ1v) is 7.75. The molecule has 1 unspecified atom stereocenters. The number of carbonyl (C=O) groups excluding carboxylic acids is 1. The molecule has 1 amide bonds. The van der Waals surface area contributed by atoms with Crippen LogP contribution in [0.1, 0.15) is 40.5 Å². The van der Waals surface area contributed by atoms with Gasteiger partial charge in [0.15, 0.2) is 0 Å². The molecule has 0 fully saturated rings. The van der Waals surface area contributed by atoms with Gasteiger partial charge in [-0.15, -0.1) is 0 Å². The summed E-state index contributed by atoms with van der Waals surface area (Å²) in [4.78, 5) is 11.7. The molecule has 0 radical (unpaired) electrons. The van der Waals surface area contributed by atoms with Gasteiger partial charge in [-0.05, 0) is 47.1 Å². The van der Waals surface area contributed by atoms with Crippen LogP contribution in [0.3, 0.4) is 0 Å². The summed E-state index contributed by atoms with van der Waals surface area (Å²) in [6, 6.07) is -0.771. The largest absolute Gasteiger partial charge is 0.350 e. The van der Waals surface area contributed by atoms with Gasteiger partial charge in [0.25, 0.3) is 0 Å². The van der Waals surface area contributed by atoms with Gasteiger partial charge in [0, 0.05) is 5.54 Å². The number of nitrogens with one attached hydrogen (secondary N) is 2. The molecular weight excluding hydrogens is 254 g/mol. The zero-order chi connectivity index (χ0) is 14.4. The topological polar surface area (TPSA) is 101 Å². The van der Waals surface area contributed by atoms with E-state index in [9.17, 15) is 13.2 Å². The van der Waals surface area contributed by atoms with Crippen LogP contribution < -0.4 is 15.8 Å². The van der Waals surface area contributed by atoms with E-state index in [1.54, 1.807) is 0 Å². The molecule has 18 heavy (non-hydrogen) atoms. The second-order valence-corrected chi connectivity index (χ2v) is 7.27. The van der Waals surface area contributed by atoms with Crippen molar-refractivity contribution in [2.45, 2.75) is 52.1 Å². The highest BCUT2D eigenvalue weighted by atomic mass is 32.2. The standard InChI is InChI=1S/C11H25N3O3S/c1-9(10(15)13-11(2,3)4)14-18(16,17)8-6-5-7-12/h9,14H,5-8,12H2,1-4H3,(H,13,15). The quantitative estimate of drug-likeness (QED) is 0.569. The fourth-order valence-electron chi connectivity index (χ4n) is 1.30. The highest BCUT2D eigenvalue weighted by Gasteiger charge is 2.23. The van der Waals surface area contributed by atoms with Crippen LogP contribution >= 0.6 is 0 Å². The van der Waals surface area contributed by atoms with Gasteiger partial charge in [-0.1, -0.05) is 0 Å². The highest BCUT2D eigenvalue weighted by molar-refractivity contribution is 7.89. The maximum absolute atomic E-state index is 11.7. The van der Waals surface area contributed by atoms with E-state index in [1.807, 2.05) is 20.8 Å². The van der Waals surface area contributed by atoms with Crippen molar-refractivity contribution in [3.63, 3.8) is 0 Å². The minimum absolute atomic E-state index is 0.00264. The lowest BCUT2D eigenvalue weighted by molar-refractivity contribution is -0.123. The van der Waals surface area contributed by atoms with E-state index in [0.717, 1.165) is 0 Å². The van der Waals surface area contributed by atoms with Gasteiger partial charge in [0.2, 0.25) is 15.9 Å². The van der Waals surface area contributed by atoms with Gasteiger partial charge in [0.1, 0.15) is 0 Å². The second kappa shape index (κ2) is 7.06. The van der Waals surface area contributed by atoms with Gasteiger partial charge < -0.3 is 11.1 Å². The van der Waals surface area contributed by atoms with Crippen LogP contribution in [0.5, 0.6) is 0 Å². The first kappa shape index (κ1) is 17.3. The molecule has 0 spiro atoms. The molecule has 0 aliphatic rings. The van der Waals surface area contributed by atoms with Crippen molar-refractivity contribution < 1.29 is 13.2 Å². The number of nitrogens with two attached hydrogens (primary N) is 1. The summed E-state index contributed by atoms with van der Waals surface area (Å²) in [5.41, 5.74) is 4.92. The molecule has 0 aromatic carbocycles. The Hall–Kier alpha value is -0.660. The van der Waals surface area contributed by atoms with E-state index in [4.69, 9.17) is 5.73 Å². The molecule has 6 nitrogen and oxygen atoms in total. The molecule has 1 atom stereocenters. The molecule has 0 aliphatic carbocycles. The molecule has 0 heterocycles. The predicted molar refractivity (Wildman–Crippen MR) is 72.6 cm³/mol. The van der Waals surface area contributed by atoms with E-state index < -0.39 is 16.1 Å². The molecule has 0 bridgehead atoms. The minimum atomic E-state index is -3.42. The fraction of sp³-hybridized carbons (Fsp3) is 0.909. The number of amides is 1. The summed E-state index contributed by atoms with van der Waals surface area (Å²) >= 11 is 0. The zero-order valence-corrected chi connectivity index (χ0v) is 12.4. The number of hydrogen-bond donors (Lipinski definition) is 3. The number of rotatable bonds is 7. The van der Waals surface area contributed by atoms with Crippen molar-refractivity contribution in [2.24, 2.45) is 5.73 Å². The summed E-state index contributed by atoms with van der Waals surface area (Å²) in [5.74, 6) is -0.331. The molecule has 0 aromatic heterocycles. The molecule has 4 N–H and O–H groups in total. The van der Waals surface area contributed by atoms with E-state index in [-0.39, 0.29) is 17.2 Å². The van der Waals surface area contributed by atoms with Gasteiger partial charge in [0.05, 0.1) is 11.8 Å². The Morgan fingerprint density at radius 2 is 1.83 bits per heavy atom. The van der Waals surface area contributed by atoms with Crippen molar-refractivity contribution in [1.29, 1.82) is 0 Å². The Balaban J connectivity index is 4.29. The van der Waals surface area contributed by atoms with E-state index >= 15 is 0 Å². The van der Waals surface area contributed by atoms with Gasteiger partial charge in [-0.3, -0.25) is 4.79 Å². The third-order valence-corrected chi connectivity index (χ3v) is 3.65. The van der Waals surface area contributed by atoms with E-state index in [0.29, 0.717) is 19.4 Å². The molecule has 0 saturated heterocycles. The smallest absolute Gasteiger partial charge is 0.238 e. The first-order chi connectivity index (χ1) is 8.07. The Morgan fingerprint density at radius 1 is 1.28 bits per heavy atom. The average Bonchev–Trinajstić information content (AvgIpc) is 2.14. The minimum Gasteiger partial charge on any atom is -0.350 e. The summed E-state index contributed by atoms with van der Waals surface area (Å²) in [6.45, 7) is 7.52. The molecule has 0 aromatic rings. The van der Waals surface area contributed by atoms with E-state index in [2.05, 4.69) is 10.0 Å². The van der Waals surface area contributed by atoms with Crippen molar-refractivity contribution in [3.05, 3.63) is 0 Å². The first-order valence-electron chi connectivity index (χ1n) is 6.09. The maximum Gasteiger partial charge on any atom is 0.238 e. The third kappa shape index (κ3) is 8.43. The van der Waals surface area contributed by atoms with Crippen LogP contribution in [0.25, 0.3) is 0 Å². The molecule has 7 heteroatoms. The van der Waals surface area contributed by atoms with E-state index in [1.165, 1.54) is 6.92 Å². The molecule has 108 valence electrons. The van der Waals surface area contributed by atoms with Crippen molar-refractivity contribution in [2.75, 3.05) is 12.3 Å². The Morgan fingerprint density at radius 3 is 2.28 bits per heavy atom. The SMILES string of the molecule is CC(NS(=O)(=O)CCCCN)C(=O)NC(C)(C)C. The van der Waals surface area contributed by atoms with Crippen LogP contribution in [0.15, 0.2) is 0 Å². The van der Waals surface area contributed by atoms with Crippen LogP contribution in [-0.2, 0) is 14.8 Å². The van der Waals surface area contributed by atoms with Crippen LogP contribution in [0, 0.1) is 0 Å². The van der Waals surface area contributed by atoms with Gasteiger partial charge in [-0.25, -0.2) is 13.1 Å². The van der Waals surface area contributed by atoms with Gasteiger partial charge in [-0.2, -0.15) is 0 Å². The third-order valence-electron chi connectivity index (χ3n) is 2.12. The zero-order valence-electron chi connectivity index (χ0n) is 11.6. The van der Waals surface area contributed by atoms with Crippen LogP contribution in [-0.4, -0.2) is 38.2 Å². The normalized spacial score (nSPS) is 14.3. The van der Waals surface area contributed by atoms with Crippen LogP contribution in [0.4, 0.5) is 0 Å². The summed E-state index contributed by atoms with van der Waals surface area (Å²) in [6.07, 6.45) is 1.16. The molecule has 0 aliphatic heterocycles. The molecule has 0 rings (SSSR count). The van der Waals surface area contributed by atoms with Crippen molar-refractivity contribution >= 4 is 15.9 Å². The Bertz CT molecular complexity index is 360. The Labute approximate surface area is 110 Å². The fourth-order valence-corrected chi connectivity index (χ4v) is 2.64. The molecular formula is C11H25N3O3S. The second-order valence-electron chi connectivity index (χ2n) is 5.39. The summed E-state index contributed by atoms with van der Waals surface area (Å²) in [5, 5.41) is 2.72. The number of sulfonamides is 1. The maximum atomic E-state index is 11.7. The van der Waals surface area contributed by atoms with Crippen LogP contribution in [0.2, 0.25) is 0 Å². The number of carbonyl (C=O) groups is 1. The van der Waals surface area contributed by atoms with Gasteiger partial charge >= 0.3 is 0 Å². The lowest BCUT2D eigenvalue weighted by atomic mass is 10.1. The predicted octanol–water partition coefficient (Wildman–Crippen LogP) is -0.0521. The van der Waals surface area contributed by atoms with Crippen molar-refractivity contribution in [3.8, 4) is 0 Å². The highest BCUT2D eigenvalue weighted by Crippen LogP contribution is 2.01. The lowest BCUT2D eigenvalue weighted by Crippen LogP contribution is -2.51. The number of hydrogen-bond acceptors (Lipinski definition) is 4. The summed E-state index contributed by atoms with van der Waals surface area (Å²) in [7, 11) is -3.42. The van der Waals surface area contributed by atoms with Crippen molar-refractivity contribution in [1.82, 2.24) is 10.0 Å². The summed E-state index contributed by atoms with van der Waals surface area (Å²) < 4.78 is 25.7. The molecule has 0 saturated carbocycles. The number of unbranched alkanes of at least 4 members (excludes halogenated alkanes) is 1. The monoisotopic (exact) mass is 279 g/mol. The Kier molecular flexibility index (Phi) is 6.80. The lowest BCUT2D eigenvalue weighted by Gasteiger charge is -2.23.